The van der Waals surface area contributed by atoms with Crippen molar-refractivity contribution in [3.63, 3.8) is 0 Å². The van der Waals surface area contributed by atoms with Gasteiger partial charge in [0, 0.05) is 5.39 Å². The number of hydrogen-bond acceptors (Lipinski definition) is 2. The summed E-state index contributed by atoms with van der Waals surface area (Å²) in [7, 11) is 0. The third-order valence-corrected chi connectivity index (χ3v) is 4.93. The van der Waals surface area contributed by atoms with E-state index < -0.39 is 0 Å². The number of hydrogen-bond donors (Lipinski definition) is 1. The molecule has 0 radical (unpaired) electrons. The first-order valence-corrected chi connectivity index (χ1v) is 7.57. The normalized spacial score (nSPS) is 30.5. The molecular formula is C17H21NO. The Morgan fingerprint density at radius 3 is 2.74 bits per heavy atom. The third-order valence-electron chi connectivity index (χ3n) is 4.93. The highest BCUT2D eigenvalue weighted by molar-refractivity contribution is 5.77. The fourth-order valence-corrected chi connectivity index (χ4v) is 3.91. The summed E-state index contributed by atoms with van der Waals surface area (Å²) in [5, 5.41) is 4.87. The lowest BCUT2D eigenvalue weighted by Gasteiger charge is -2.23. The molecule has 0 spiro atoms. The largest absolute Gasteiger partial charge is 0.459 e. The molecule has 0 saturated heterocycles. The first kappa shape index (κ1) is 11.5. The van der Waals surface area contributed by atoms with Gasteiger partial charge in [-0.25, -0.2) is 0 Å². The summed E-state index contributed by atoms with van der Waals surface area (Å²) >= 11 is 0. The number of fused-ring (bicyclic) bond motifs is 2. The summed E-state index contributed by atoms with van der Waals surface area (Å²) in [6, 6.07) is 11.0. The monoisotopic (exact) mass is 255 g/mol. The maximum Gasteiger partial charge on any atom is 0.134 e. The molecule has 1 aromatic carbocycles. The molecule has 1 aromatic heterocycles. The van der Waals surface area contributed by atoms with E-state index in [1.807, 2.05) is 6.07 Å². The van der Waals surface area contributed by atoms with Gasteiger partial charge in [0.2, 0.25) is 0 Å². The average molecular weight is 255 g/mol. The van der Waals surface area contributed by atoms with Crippen molar-refractivity contribution in [3.05, 3.63) is 36.1 Å². The predicted molar refractivity (Wildman–Crippen MR) is 77.0 cm³/mol. The van der Waals surface area contributed by atoms with Crippen LogP contribution in [0.5, 0.6) is 0 Å². The van der Waals surface area contributed by atoms with Crippen molar-refractivity contribution in [3.8, 4) is 0 Å². The van der Waals surface area contributed by atoms with Crippen LogP contribution < -0.4 is 5.32 Å². The number of para-hydroxylation sites is 1. The summed E-state index contributed by atoms with van der Waals surface area (Å²) in [5.74, 6) is 3.95. The van der Waals surface area contributed by atoms with E-state index in [2.05, 4.69) is 36.5 Å². The Labute approximate surface area is 114 Å². The smallest absolute Gasteiger partial charge is 0.134 e. The molecular weight excluding hydrogens is 234 g/mol. The molecule has 2 heteroatoms. The van der Waals surface area contributed by atoms with Crippen molar-refractivity contribution in [2.75, 3.05) is 6.54 Å². The topological polar surface area (TPSA) is 25.2 Å². The zero-order chi connectivity index (χ0) is 12.8. The lowest BCUT2D eigenvalue weighted by molar-refractivity contribution is 0.305. The van der Waals surface area contributed by atoms with E-state index in [9.17, 15) is 0 Å². The zero-order valence-corrected chi connectivity index (χ0v) is 11.4. The molecule has 3 unspecified atom stereocenters. The first-order valence-electron chi connectivity index (χ1n) is 7.57. The van der Waals surface area contributed by atoms with Gasteiger partial charge in [0.1, 0.15) is 11.3 Å². The fourth-order valence-electron chi connectivity index (χ4n) is 3.91. The van der Waals surface area contributed by atoms with Gasteiger partial charge < -0.3 is 9.73 Å². The number of nitrogens with one attached hydrogen (secondary N) is 1. The van der Waals surface area contributed by atoms with Gasteiger partial charge in [-0.15, -0.1) is 0 Å². The zero-order valence-electron chi connectivity index (χ0n) is 11.4. The quantitative estimate of drug-likeness (QED) is 0.888. The second-order valence-corrected chi connectivity index (χ2v) is 6.21. The minimum Gasteiger partial charge on any atom is -0.459 e. The Hall–Kier alpha value is -1.28. The van der Waals surface area contributed by atoms with Gasteiger partial charge in [0.15, 0.2) is 0 Å². The number of furan rings is 1. The lowest BCUT2D eigenvalue weighted by Crippen LogP contribution is -2.27. The van der Waals surface area contributed by atoms with Crippen LogP contribution in [-0.4, -0.2) is 6.54 Å². The van der Waals surface area contributed by atoms with Gasteiger partial charge in [-0.2, -0.15) is 0 Å². The van der Waals surface area contributed by atoms with Gasteiger partial charge >= 0.3 is 0 Å². The van der Waals surface area contributed by atoms with Crippen molar-refractivity contribution in [2.45, 2.75) is 32.2 Å². The van der Waals surface area contributed by atoms with Crippen molar-refractivity contribution in [1.82, 2.24) is 5.32 Å². The summed E-state index contributed by atoms with van der Waals surface area (Å²) in [4.78, 5) is 0. The Bertz CT molecular complexity index is 545. The second kappa shape index (κ2) is 4.38. The van der Waals surface area contributed by atoms with Crippen LogP contribution in [0.1, 0.15) is 38.0 Å². The molecule has 4 rings (SSSR count). The highest BCUT2D eigenvalue weighted by atomic mass is 16.3. The van der Waals surface area contributed by atoms with Crippen molar-refractivity contribution >= 4 is 11.0 Å². The van der Waals surface area contributed by atoms with Crippen molar-refractivity contribution in [2.24, 2.45) is 17.8 Å². The summed E-state index contributed by atoms with van der Waals surface area (Å²) in [6.07, 6.45) is 4.26. The van der Waals surface area contributed by atoms with Crippen LogP contribution in [0.3, 0.4) is 0 Å². The summed E-state index contributed by atoms with van der Waals surface area (Å²) in [6.45, 7) is 3.19. The number of benzene rings is 1. The van der Waals surface area contributed by atoms with Gasteiger partial charge in [0.25, 0.3) is 0 Å². The van der Waals surface area contributed by atoms with Crippen LogP contribution in [0.15, 0.2) is 34.7 Å². The van der Waals surface area contributed by atoms with Crippen LogP contribution in [0.25, 0.3) is 11.0 Å². The fraction of sp³-hybridized carbons (Fsp3) is 0.529. The van der Waals surface area contributed by atoms with E-state index in [1.54, 1.807) is 0 Å². The Morgan fingerprint density at radius 1 is 1.21 bits per heavy atom. The number of rotatable bonds is 4. The Morgan fingerprint density at radius 2 is 2.00 bits per heavy atom. The molecule has 1 N–H and O–H groups in total. The Balaban J connectivity index is 1.65. The molecule has 2 aliphatic rings. The molecule has 3 atom stereocenters. The molecule has 0 bridgehead atoms. The molecule has 2 fully saturated rings. The highest BCUT2D eigenvalue weighted by Crippen LogP contribution is 2.57. The predicted octanol–water partition coefficient (Wildman–Crippen LogP) is 4.13. The van der Waals surface area contributed by atoms with E-state index in [0.717, 1.165) is 35.6 Å². The van der Waals surface area contributed by atoms with Gasteiger partial charge in [-0.3, -0.25) is 0 Å². The molecule has 2 nitrogen and oxygen atoms in total. The first-order chi connectivity index (χ1) is 9.35. The molecule has 2 aliphatic carbocycles. The standard InChI is InChI=1S/C17H21NO/c1-2-18-17(14-8-12-7-13(12)9-14)16-10-11-5-3-4-6-15(11)19-16/h3-6,10,12-14,17-18H,2,7-9H2,1H3. The minimum absolute atomic E-state index is 0.408. The Kier molecular flexibility index (Phi) is 2.66. The van der Waals surface area contributed by atoms with Crippen molar-refractivity contribution < 1.29 is 4.42 Å². The molecule has 0 amide bonds. The third kappa shape index (κ3) is 1.99. The highest BCUT2D eigenvalue weighted by Gasteiger charge is 2.48. The lowest BCUT2D eigenvalue weighted by atomic mass is 9.92. The van der Waals surface area contributed by atoms with Crippen LogP contribution in [0.4, 0.5) is 0 Å². The molecule has 2 aromatic rings. The summed E-state index contributed by atoms with van der Waals surface area (Å²) in [5.41, 5.74) is 1.02. The van der Waals surface area contributed by atoms with Crippen molar-refractivity contribution in [1.29, 1.82) is 0 Å². The van der Waals surface area contributed by atoms with E-state index in [-0.39, 0.29) is 0 Å². The molecule has 1 heterocycles. The van der Waals surface area contributed by atoms with Crippen LogP contribution >= 0.6 is 0 Å². The molecule has 19 heavy (non-hydrogen) atoms. The van der Waals surface area contributed by atoms with E-state index >= 15 is 0 Å². The van der Waals surface area contributed by atoms with Crippen LogP contribution in [0, 0.1) is 17.8 Å². The maximum atomic E-state index is 6.08. The van der Waals surface area contributed by atoms with E-state index in [4.69, 9.17) is 4.42 Å². The minimum atomic E-state index is 0.408. The van der Waals surface area contributed by atoms with Gasteiger partial charge in [0.05, 0.1) is 6.04 Å². The molecule has 100 valence electrons. The molecule has 2 saturated carbocycles. The second-order valence-electron chi connectivity index (χ2n) is 6.21. The van der Waals surface area contributed by atoms with Crippen LogP contribution in [-0.2, 0) is 0 Å². The molecule has 0 aliphatic heterocycles. The van der Waals surface area contributed by atoms with Gasteiger partial charge in [-0.1, -0.05) is 25.1 Å². The van der Waals surface area contributed by atoms with E-state index in [0.29, 0.717) is 6.04 Å². The maximum absolute atomic E-state index is 6.08. The SMILES string of the molecule is CCNC(c1cc2ccccc2o1)C1CC2CC2C1. The van der Waals surface area contributed by atoms with E-state index in [1.165, 1.54) is 24.6 Å². The van der Waals surface area contributed by atoms with Crippen LogP contribution in [0.2, 0.25) is 0 Å². The average Bonchev–Trinajstić information content (AvgIpc) is 2.89. The van der Waals surface area contributed by atoms with Gasteiger partial charge in [-0.05, 0) is 55.7 Å². The summed E-state index contributed by atoms with van der Waals surface area (Å²) < 4.78 is 6.08.